The molecule has 1 aliphatic rings. The van der Waals surface area contributed by atoms with Crippen molar-refractivity contribution in [3.8, 4) is 11.5 Å². The van der Waals surface area contributed by atoms with Crippen molar-refractivity contribution in [3.63, 3.8) is 0 Å². The highest BCUT2D eigenvalue weighted by Gasteiger charge is 2.37. The van der Waals surface area contributed by atoms with Crippen LogP contribution in [0.4, 0.5) is 4.79 Å². The van der Waals surface area contributed by atoms with Gasteiger partial charge in [-0.3, -0.25) is 0 Å². The zero-order valence-corrected chi connectivity index (χ0v) is 19.4. The fourth-order valence-corrected chi connectivity index (χ4v) is 4.48. The van der Waals surface area contributed by atoms with Gasteiger partial charge in [0, 0.05) is 24.1 Å². The second-order valence-electron chi connectivity index (χ2n) is 8.39. The van der Waals surface area contributed by atoms with Crippen LogP contribution in [0, 0.1) is 6.92 Å². The molecule has 0 saturated heterocycles. The highest BCUT2D eigenvalue weighted by atomic mass is 16.5. The standard InChI is InChI=1S/C25H35N3O3/c1-6-12-26-25(29)27-18(3)24-21-15-23(31-5)22(30-4)14-20(21)11-13-28(24)16-19-9-7-17(2)8-10-19/h7-10,14-15,18,24H,6,11-13,16H2,1-5H3,(H2,26,27,29)/p+1/t18-,24-/m1/s1. The Bertz CT molecular complexity index is 882. The molecule has 168 valence electrons. The number of urea groups is 1. The minimum Gasteiger partial charge on any atom is -0.493 e. The van der Waals surface area contributed by atoms with Crippen LogP contribution in [-0.2, 0) is 13.0 Å². The van der Waals surface area contributed by atoms with Crippen LogP contribution in [-0.4, -0.2) is 39.4 Å². The maximum absolute atomic E-state index is 12.4. The Labute approximate surface area is 185 Å². The van der Waals surface area contributed by atoms with Crippen molar-refractivity contribution in [2.75, 3.05) is 27.3 Å². The number of methoxy groups -OCH3 is 2. The lowest BCUT2D eigenvalue weighted by molar-refractivity contribution is -0.948. The highest BCUT2D eigenvalue weighted by Crippen LogP contribution is 2.35. The molecule has 3 atom stereocenters. The summed E-state index contributed by atoms with van der Waals surface area (Å²) >= 11 is 0. The maximum Gasteiger partial charge on any atom is 0.315 e. The normalized spacial score (nSPS) is 18.6. The molecule has 0 saturated carbocycles. The number of hydrogen-bond donors (Lipinski definition) is 3. The largest absolute Gasteiger partial charge is 0.493 e. The third kappa shape index (κ3) is 5.50. The van der Waals surface area contributed by atoms with E-state index < -0.39 is 0 Å². The predicted molar refractivity (Wildman–Crippen MR) is 123 cm³/mol. The van der Waals surface area contributed by atoms with Crippen LogP contribution in [0.1, 0.15) is 48.6 Å². The van der Waals surface area contributed by atoms with Crippen molar-refractivity contribution in [3.05, 3.63) is 58.7 Å². The summed E-state index contributed by atoms with van der Waals surface area (Å²) < 4.78 is 11.1. The van der Waals surface area contributed by atoms with E-state index >= 15 is 0 Å². The van der Waals surface area contributed by atoms with E-state index in [-0.39, 0.29) is 18.1 Å². The average molecular weight is 427 g/mol. The van der Waals surface area contributed by atoms with E-state index in [1.807, 2.05) is 6.92 Å². The van der Waals surface area contributed by atoms with Crippen LogP contribution in [0.25, 0.3) is 0 Å². The molecule has 6 heteroatoms. The molecule has 1 aliphatic heterocycles. The summed E-state index contributed by atoms with van der Waals surface area (Å²) in [5, 5.41) is 6.11. The first kappa shape index (κ1) is 22.9. The Balaban J connectivity index is 1.93. The summed E-state index contributed by atoms with van der Waals surface area (Å²) in [4.78, 5) is 13.9. The molecule has 0 fully saturated rings. The first-order valence-corrected chi connectivity index (χ1v) is 11.2. The molecular weight excluding hydrogens is 390 g/mol. The summed E-state index contributed by atoms with van der Waals surface area (Å²) in [6, 6.07) is 12.9. The van der Waals surface area contributed by atoms with Crippen molar-refractivity contribution in [1.29, 1.82) is 0 Å². The lowest BCUT2D eigenvalue weighted by Gasteiger charge is -2.38. The van der Waals surface area contributed by atoms with Crippen LogP contribution >= 0.6 is 0 Å². The molecule has 0 radical (unpaired) electrons. The number of benzene rings is 2. The van der Waals surface area contributed by atoms with Gasteiger partial charge in [-0.05, 0) is 38.0 Å². The minimum atomic E-state index is -0.114. The number of fused-ring (bicyclic) bond motifs is 1. The van der Waals surface area contributed by atoms with Crippen LogP contribution in [0.3, 0.4) is 0 Å². The van der Waals surface area contributed by atoms with E-state index in [0.717, 1.165) is 37.4 Å². The van der Waals surface area contributed by atoms with Gasteiger partial charge in [0.25, 0.3) is 0 Å². The van der Waals surface area contributed by atoms with Crippen LogP contribution in [0.2, 0.25) is 0 Å². The van der Waals surface area contributed by atoms with Gasteiger partial charge in [-0.15, -0.1) is 0 Å². The number of carbonyl (C=O) groups is 1. The Morgan fingerprint density at radius 3 is 2.48 bits per heavy atom. The molecule has 0 aromatic heterocycles. The topological polar surface area (TPSA) is 64.0 Å². The van der Waals surface area contributed by atoms with E-state index in [2.05, 4.69) is 60.9 Å². The maximum atomic E-state index is 12.4. The Hall–Kier alpha value is -2.73. The number of rotatable bonds is 8. The number of hydrogen-bond acceptors (Lipinski definition) is 3. The zero-order chi connectivity index (χ0) is 22.4. The lowest BCUT2D eigenvalue weighted by Crippen LogP contribution is -3.13. The summed E-state index contributed by atoms with van der Waals surface area (Å²) in [5.41, 5.74) is 5.04. The van der Waals surface area contributed by atoms with Gasteiger partial charge in [0.05, 0.1) is 26.8 Å². The fraction of sp³-hybridized carbons (Fsp3) is 0.480. The molecule has 1 heterocycles. The Kier molecular flexibility index (Phi) is 7.80. The molecule has 0 spiro atoms. The Morgan fingerprint density at radius 2 is 1.84 bits per heavy atom. The van der Waals surface area contributed by atoms with E-state index in [1.165, 1.54) is 27.2 Å². The zero-order valence-electron chi connectivity index (χ0n) is 19.4. The van der Waals surface area contributed by atoms with Gasteiger partial charge in [0.2, 0.25) is 0 Å². The second kappa shape index (κ2) is 10.5. The van der Waals surface area contributed by atoms with Crippen LogP contribution in [0.5, 0.6) is 11.5 Å². The third-order valence-electron chi connectivity index (χ3n) is 6.08. The van der Waals surface area contributed by atoms with Crippen molar-refractivity contribution < 1.29 is 19.2 Å². The van der Waals surface area contributed by atoms with Gasteiger partial charge in [-0.2, -0.15) is 0 Å². The van der Waals surface area contributed by atoms with Gasteiger partial charge in [0.1, 0.15) is 12.6 Å². The molecule has 0 aliphatic carbocycles. The molecule has 2 amide bonds. The first-order valence-electron chi connectivity index (χ1n) is 11.2. The molecule has 3 N–H and O–H groups in total. The number of nitrogens with one attached hydrogen (secondary N) is 3. The van der Waals surface area contributed by atoms with Crippen molar-refractivity contribution in [2.24, 2.45) is 0 Å². The quantitative estimate of drug-likeness (QED) is 0.608. The lowest BCUT2D eigenvalue weighted by atomic mass is 9.87. The number of amides is 2. The highest BCUT2D eigenvalue weighted by molar-refractivity contribution is 5.74. The van der Waals surface area contributed by atoms with Crippen molar-refractivity contribution in [2.45, 2.75) is 52.2 Å². The molecule has 2 aromatic rings. The molecule has 0 bridgehead atoms. The molecule has 6 nitrogen and oxygen atoms in total. The Morgan fingerprint density at radius 1 is 1.16 bits per heavy atom. The number of aryl methyl sites for hydroxylation is 1. The number of carbonyl (C=O) groups excluding carboxylic acids is 1. The third-order valence-corrected chi connectivity index (χ3v) is 6.08. The number of quaternary nitrogens is 1. The second-order valence-corrected chi connectivity index (χ2v) is 8.39. The summed E-state index contributed by atoms with van der Waals surface area (Å²) in [7, 11) is 3.33. The summed E-state index contributed by atoms with van der Waals surface area (Å²) in [6.07, 6.45) is 1.87. The summed E-state index contributed by atoms with van der Waals surface area (Å²) in [5.74, 6) is 1.48. The first-order chi connectivity index (χ1) is 15.0. The molecular formula is C25H36N3O3+. The van der Waals surface area contributed by atoms with Crippen molar-refractivity contribution >= 4 is 6.03 Å². The summed E-state index contributed by atoms with van der Waals surface area (Å²) in [6.45, 7) is 8.82. The molecule has 1 unspecified atom stereocenters. The monoisotopic (exact) mass is 426 g/mol. The van der Waals surface area contributed by atoms with Crippen LogP contribution in [0.15, 0.2) is 36.4 Å². The van der Waals surface area contributed by atoms with Gasteiger partial charge in [-0.25, -0.2) is 4.79 Å². The molecule has 2 aromatic carbocycles. The van der Waals surface area contributed by atoms with Crippen molar-refractivity contribution in [1.82, 2.24) is 10.6 Å². The molecule has 3 rings (SSSR count). The minimum absolute atomic E-state index is 0.0468. The predicted octanol–water partition coefficient (Wildman–Crippen LogP) is 2.79. The van der Waals surface area contributed by atoms with Gasteiger partial charge in [0.15, 0.2) is 11.5 Å². The smallest absolute Gasteiger partial charge is 0.315 e. The van der Waals surface area contributed by atoms with Gasteiger partial charge >= 0.3 is 6.03 Å². The molecule has 31 heavy (non-hydrogen) atoms. The van der Waals surface area contributed by atoms with E-state index in [9.17, 15) is 4.79 Å². The van der Waals surface area contributed by atoms with E-state index in [1.54, 1.807) is 14.2 Å². The fourth-order valence-electron chi connectivity index (χ4n) is 4.48. The van der Waals surface area contributed by atoms with Crippen LogP contribution < -0.4 is 25.0 Å². The van der Waals surface area contributed by atoms with Gasteiger partial charge < -0.3 is 25.0 Å². The van der Waals surface area contributed by atoms with E-state index in [0.29, 0.717) is 6.54 Å². The van der Waals surface area contributed by atoms with E-state index in [4.69, 9.17) is 9.47 Å². The van der Waals surface area contributed by atoms with Gasteiger partial charge in [-0.1, -0.05) is 36.8 Å². The average Bonchev–Trinajstić information content (AvgIpc) is 2.77. The SMILES string of the molecule is CCCNC(=O)N[C@H](C)[C@@H]1c2cc(OC)c(OC)cc2CC[NH+]1Cc1ccc(C)cc1. The number of ether oxygens (including phenoxy) is 2.